The van der Waals surface area contributed by atoms with E-state index in [1.165, 1.54) is 17.0 Å². The van der Waals surface area contributed by atoms with E-state index in [-0.39, 0.29) is 0 Å². The van der Waals surface area contributed by atoms with Crippen LogP contribution in [-0.2, 0) is 19.4 Å². The molecule has 1 aromatic heterocycles. The lowest BCUT2D eigenvalue weighted by Gasteiger charge is -2.00. The number of aryl methyl sites for hydroxylation is 1. The molecule has 2 rings (SSSR count). The summed E-state index contributed by atoms with van der Waals surface area (Å²) >= 11 is 1.58. The molecule has 0 aliphatic heterocycles. The molecule has 2 nitrogen and oxygen atoms in total. The summed E-state index contributed by atoms with van der Waals surface area (Å²) in [7, 11) is 1.89. The molecule has 0 aliphatic carbocycles. The van der Waals surface area contributed by atoms with Crippen LogP contribution in [0, 0.1) is 11.6 Å². The van der Waals surface area contributed by atoms with E-state index >= 15 is 0 Å². The molecule has 1 aromatic carbocycles. The van der Waals surface area contributed by atoms with E-state index in [0.29, 0.717) is 12.0 Å². The van der Waals surface area contributed by atoms with Gasteiger partial charge in [-0.2, -0.15) is 0 Å². The Morgan fingerprint density at radius 1 is 1.32 bits per heavy atom. The lowest BCUT2D eigenvalue weighted by molar-refractivity contribution is 0.574. The van der Waals surface area contributed by atoms with E-state index in [0.717, 1.165) is 29.7 Å². The Hall–Kier alpha value is -1.33. The van der Waals surface area contributed by atoms with Crippen LogP contribution in [0.5, 0.6) is 0 Å². The Kier molecular flexibility index (Phi) is 4.61. The molecule has 1 heterocycles. The Labute approximate surface area is 115 Å². The summed E-state index contributed by atoms with van der Waals surface area (Å²) in [6, 6.07) is 3.68. The SMILES string of the molecule is CCc1nc(Cc2ccc(F)cc2F)sc1CNC. The van der Waals surface area contributed by atoms with E-state index in [9.17, 15) is 8.78 Å². The molecule has 19 heavy (non-hydrogen) atoms. The second-order valence-electron chi connectivity index (χ2n) is 4.27. The molecule has 0 amide bonds. The third-order valence-electron chi connectivity index (χ3n) is 2.85. The van der Waals surface area contributed by atoms with Gasteiger partial charge in [0.1, 0.15) is 11.6 Å². The smallest absolute Gasteiger partial charge is 0.129 e. The van der Waals surface area contributed by atoms with Gasteiger partial charge in [0.05, 0.1) is 10.7 Å². The summed E-state index contributed by atoms with van der Waals surface area (Å²) in [4.78, 5) is 5.71. The first-order chi connectivity index (χ1) is 9.13. The van der Waals surface area contributed by atoms with Crippen LogP contribution in [0.3, 0.4) is 0 Å². The van der Waals surface area contributed by atoms with Gasteiger partial charge in [-0.15, -0.1) is 11.3 Å². The van der Waals surface area contributed by atoms with E-state index in [1.54, 1.807) is 11.3 Å². The zero-order valence-corrected chi connectivity index (χ0v) is 11.8. The van der Waals surface area contributed by atoms with Crippen molar-refractivity contribution >= 4 is 11.3 Å². The van der Waals surface area contributed by atoms with Crippen molar-refractivity contribution in [3.05, 3.63) is 51.0 Å². The highest BCUT2D eigenvalue weighted by Gasteiger charge is 2.12. The number of thiazole rings is 1. The summed E-state index contributed by atoms with van der Waals surface area (Å²) in [5.41, 5.74) is 1.53. The van der Waals surface area contributed by atoms with E-state index in [2.05, 4.69) is 17.2 Å². The molecule has 0 fully saturated rings. The Morgan fingerprint density at radius 3 is 2.74 bits per heavy atom. The number of aromatic nitrogens is 1. The fourth-order valence-electron chi connectivity index (χ4n) is 1.92. The summed E-state index contributed by atoms with van der Waals surface area (Å²) in [6.07, 6.45) is 1.27. The highest BCUT2D eigenvalue weighted by molar-refractivity contribution is 7.11. The van der Waals surface area contributed by atoms with Crippen molar-refractivity contribution in [2.45, 2.75) is 26.3 Å². The summed E-state index contributed by atoms with van der Waals surface area (Å²) in [5, 5.41) is 3.97. The average Bonchev–Trinajstić information content (AvgIpc) is 2.75. The van der Waals surface area contributed by atoms with Crippen LogP contribution >= 0.6 is 11.3 Å². The van der Waals surface area contributed by atoms with Crippen molar-refractivity contribution in [1.29, 1.82) is 0 Å². The van der Waals surface area contributed by atoms with Gasteiger partial charge in [0.15, 0.2) is 0 Å². The predicted octanol–water partition coefficient (Wildman–Crippen LogP) is 3.29. The number of hydrogen-bond donors (Lipinski definition) is 1. The van der Waals surface area contributed by atoms with Gasteiger partial charge in [0, 0.05) is 23.9 Å². The Balaban J connectivity index is 2.23. The third kappa shape index (κ3) is 3.36. The number of nitrogens with one attached hydrogen (secondary N) is 1. The molecule has 5 heteroatoms. The van der Waals surface area contributed by atoms with Gasteiger partial charge in [-0.25, -0.2) is 13.8 Å². The van der Waals surface area contributed by atoms with E-state index in [4.69, 9.17) is 0 Å². The summed E-state index contributed by atoms with van der Waals surface area (Å²) in [5.74, 6) is -1.06. The molecule has 2 aromatic rings. The van der Waals surface area contributed by atoms with Gasteiger partial charge in [-0.05, 0) is 25.1 Å². The lowest BCUT2D eigenvalue weighted by atomic mass is 10.1. The molecule has 0 unspecified atom stereocenters. The van der Waals surface area contributed by atoms with Gasteiger partial charge < -0.3 is 5.32 Å². The molecule has 0 bridgehead atoms. The molecule has 0 atom stereocenters. The maximum atomic E-state index is 13.6. The zero-order chi connectivity index (χ0) is 13.8. The highest BCUT2D eigenvalue weighted by atomic mass is 32.1. The molecule has 0 spiro atoms. The van der Waals surface area contributed by atoms with Crippen molar-refractivity contribution in [3.8, 4) is 0 Å². The van der Waals surface area contributed by atoms with Gasteiger partial charge in [-0.1, -0.05) is 13.0 Å². The second kappa shape index (κ2) is 6.21. The van der Waals surface area contributed by atoms with Crippen LogP contribution in [0.25, 0.3) is 0 Å². The normalized spacial score (nSPS) is 10.9. The molecule has 0 saturated carbocycles. The first-order valence-corrected chi connectivity index (χ1v) is 7.01. The molecule has 0 saturated heterocycles. The van der Waals surface area contributed by atoms with Crippen molar-refractivity contribution in [3.63, 3.8) is 0 Å². The summed E-state index contributed by atoms with van der Waals surface area (Å²) < 4.78 is 26.4. The predicted molar refractivity (Wildman–Crippen MR) is 73.4 cm³/mol. The van der Waals surface area contributed by atoms with Crippen LogP contribution < -0.4 is 5.32 Å². The number of hydrogen-bond acceptors (Lipinski definition) is 3. The van der Waals surface area contributed by atoms with Crippen LogP contribution in [0.15, 0.2) is 18.2 Å². The summed E-state index contributed by atoms with van der Waals surface area (Å²) in [6.45, 7) is 2.82. The fraction of sp³-hybridized carbons (Fsp3) is 0.357. The van der Waals surface area contributed by atoms with Gasteiger partial charge in [-0.3, -0.25) is 0 Å². The maximum Gasteiger partial charge on any atom is 0.129 e. The largest absolute Gasteiger partial charge is 0.315 e. The van der Waals surface area contributed by atoms with Crippen LogP contribution in [-0.4, -0.2) is 12.0 Å². The van der Waals surface area contributed by atoms with Crippen molar-refractivity contribution in [2.24, 2.45) is 0 Å². The van der Waals surface area contributed by atoms with Crippen LogP contribution in [0.1, 0.15) is 28.1 Å². The molecule has 102 valence electrons. The molecule has 0 radical (unpaired) electrons. The molecular weight excluding hydrogens is 266 g/mol. The van der Waals surface area contributed by atoms with E-state index in [1.807, 2.05) is 7.05 Å². The number of benzene rings is 1. The number of rotatable bonds is 5. The minimum atomic E-state index is -0.550. The number of halogens is 2. The van der Waals surface area contributed by atoms with E-state index < -0.39 is 11.6 Å². The zero-order valence-electron chi connectivity index (χ0n) is 11.0. The number of nitrogens with zero attached hydrogens (tertiary/aromatic N) is 1. The molecular formula is C14H16F2N2S. The average molecular weight is 282 g/mol. The minimum Gasteiger partial charge on any atom is -0.315 e. The monoisotopic (exact) mass is 282 g/mol. The van der Waals surface area contributed by atoms with Crippen molar-refractivity contribution in [2.75, 3.05) is 7.05 Å². The quantitative estimate of drug-likeness (QED) is 0.910. The van der Waals surface area contributed by atoms with Crippen molar-refractivity contribution < 1.29 is 8.78 Å². The highest BCUT2D eigenvalue weighted by Crippen LogP contribution is 2.23. The minimum absolute atomic E-state index is 0.410. The fourth-order valence-corrected chi connectivity index (χ4v) is 3.11. The third-order valence-corrected chi connectivity index (χ3v) is 3.95. The van der Waals surface area contributed by atoms with Crippen molar-refractivity contribution in [1.82, 2.24) is 10.3 Å². The Morgan fingerprint density at radius 2 is 2.11 bits per heavy atom. The second-order valence-corrected chi connectivity index (χ2v) is 5.44. The topological polar surface area (TPSA) is 24.9 Å². The molecule has 1 N–H and O–H groups in total. The maximum absolute atomic E-state index is 13.6. The van der Waals surface area contributed by atoms with Gasteiger partial charge in [0.25, 0.3) is 0 Å². The lowest BCUT2D eigenvalue weighted by Crippen LogP contribution is -2.05. The van der Waals surface area contributed by atoms with Gasteiger partial charge >= 0.3 is 0 Å². The first-order valence-electron chi connectivity index (χ1n) is 6.20. The van der Waals surface area contributed by atoms with Crippen LogP contribution in [0.4, 0.5) is 8.78 Å². The Bertz CT molecular complexity index is 567. The van der Waals surface area contributed by atoms with Gasteiger partial charge in [0.2, 0.25) is 0 Å². The first kappa shape index (κ1) is 14.1. The standard InChI is InChI=1S/C14H16F2N2S/c1-3-12-13(8-17-2)19-14(18-12)6-9-4-5-10(15)7-11(9)16/h4-5,7,17H,3,6,8H2,1-2H3. The van der Waals surface area contributed by atoms with Crippen LogP contribution in [0.2, 0.25) is 0 Å². The molecule has 0 aliphatic rings.